The molecule has 0 unspecified atom stereocenters. The van der Waals surface area contributed by atoms with Crippen molar-refractivity contribution >= 4 is 59.5 Å². The number of hydrogen-bond acceptors (Lipinski definition) is 5. The fourth-order valence-electron chi connectivity index (χ4n) is 2.30. The third-order valence-electron chi connectivity index (χ3n) is 3.49. The van der Waals surface area contributed by atoms with Gasteiger partial charge in [-0.25, -0.2) is 4.98 Å². The summed E-state index contributed by atoms with van der Waals surface area (Å²) in [4.78, 5) is 8.10. The molecule has 0 atom stereocenters. The quantitative estimate of drug-likeness (QED) is 0.342. The lowest BCUT2D eigenvalue weighted by Crippen LogP contribution is -1.89. The summed E-state index contributed by atoms with van der Waals surface area (Å²) in [6.45, 7) is 0. The zero-order valence-corrected chi connectivity index (χ0v) is 16.0. The average Bonchev–Trinajstić information content (AvgIpc) is 2.61. The second kappa shape index (κ2) is 7.25. The standard InChI is InChI=1S/C9H5Br2NO.C9H8N2O/c10-6-4-7(11)9(13)8-5(6)2-1-3-12-8;10-8-5-4-6-2-1-3-7(12)9(6)11-8/h1-4,13H;1-5,12H,(H2,10,11). The Morgan fingerprint density at radius 3 is 2.48 bits per heavy atom. The Morgan fingerprint density at radius 1 is 0.880 bits per heavy atom. The van der Waals surface area contributed by atoms with Gasteiger partial charge in [-0.3, -0.25) is 4.98 Å². The van der Waals surface area contributed by atoms with Crippen molar-refractivity contribution in [2.24, 2.45) is 0 Å². The van der Waals surface area contributed by atoms with Crippen molar-refractivity contribution in [1.82, 2.24) is 9.97 Å². The minimum atomic E-state index is 0.166. The van der Waals surface area contributed by atoms with Crippen LogP contribution in [0.4, 0.5) is 5.82 Å². The van der Waals surface area contributed by atoms with Gasteiger partial charge in [0, 0.05) is 21.4 Å². The van der Waals surface area contributed by atoms with E-state index < -0.39 is 0 Å². The van der Waals surface area contributed by atoms with Crippen LogP contribution in [0.25, 0.3) is 21.8 Å². The number of phenolic OH excluding ortho intramolecular Hbond substituents is 2. The highest BCUT2D eigenvalue weighted by atomic mass is 79.9. The Labute approximate surface area is 160 Å². The van der Waals surface area contributed by atoms with Crippen LogP contribution < -0.4 is 5.73 Å². The molecule has 0 saturated heterocycles. The van der Waals surface area contributed by atoms with Crippen LogP contribution in [0.1, 0.15) is 0 Å². The maximum atomic E-state index is 9.65. The highest BCUT2D eigenvalue weighted by Gasteiger charge is 2.08. The molecule has 0 aliphatic rings. The topological polar surface area (TPSA) is 92.3 Å². The van der Waals surface area contributed by atoms with Crippen LogP contribution in [0.15, 0.2) is 63.7 Å². The number of aromatic nitrogens is 2. The Morgan fingerprint density at radius 2 is 1.68 bits per heavy atom. The maximum Gasteiger partial charge on any atom is 0.156 e. The highest BCUT2D eigenvalue weighted by Crippen LogP contribution is 2.35. The first-order valence-electron chi connectivity index (χ1n) is 7.23. The smallest absolute Gasteiger partial charge is 0.156 e. The molecule has 0 aliphatic carbocycles. The Balaban J connectivity index is 0.000000146. The Bertz CT molecular complexity index is 1070. The minimum Gasteiger partial charge on any atom is -0.506 e. The highest BCUT2D eigenvalue weighted by molar-refractivity contribution is 9.11. The second-order valence-corrected chi connectivity index (χ2v) is 6.88. The lowest BCUT2D eigenvalue weighted by Gasteiger charge is -2.03. The van der Waals surface area contributed by atoms with Gasteiger partial charge in [0.25, 0.3) is 0 Å². The number of nitrogen functional groups attached to an aromatic ring is 1. The van der Waals surface area contributed by atoms with Gasteiger partial charge in [0.05, 0.1) is 4.47 Å². The van der Waals surface area contributed by atoms with Crippen molar-refractivity contribution < 1.29 is 10.2 Å². The molecule has 2 heterocycles. The number of benzene rings is 2. The van der Waals surface area contributed by atoms with E-state index in [-0.39, 0.29) is 11.5 Å². The van der Waals surface area contributed by atoms with E-state index in [9.17, 15) is 10.2 Å². The molecule has 0 bridgehead atoms. The number of nitrogens with zero attached hydrogens (tertiary/aromatic N) is 2. The van der Waals surface area contributed by atoms with Gasteiger partial charge in [-0.15, -0.1) is 0 Å². The van der Waals surface area contributed by atoms with E-state index in [0.717, 1.165) is 15.2 Å². The molecule has 4 N–H and O–H groups in total. The number of aromatic hydroxyl groups is 2. The van der Waals surface area contributed by atoms with Crippen LogP contribution in [0, 0.1) is 0 Å². The zero-order valence-electron chi connectivity index (χ0n) is 12.8. The summed E-state index contributed by atoms with van der Waals surface area (Å²) in [5.74, 6) is 0.766. The number of anilines is 1. The molecule has 0 spiro atoms. The van der Waals surface area contributed by atoms with Gasteiger partial charge in [0.1, 0.15) is 22.6 Å². The van der Waals surface area contributed by atoms with Crippen molar-refractivity contribution in [3.63, 3.8) is 0 Å². The molecule has 0 radical (unpaired) electrons. The third-order valence-corrected chi connectivity index (χ3v) is 4.75. The van der Waals surface area contributed by atoms with E-state index in [1.54, 1.807) is 30.5 Å². The monoisotopic (exact) mass is 461 g/mol. The number of halogens is 2. The van der Waals surface area contributed by atoms with E-state index in [0.29, 0.717) is 21.3 Å². The molecule has 2 aromatic carbocycles. The van der Waals surface area contributed by atoms with Gasteiger partial charge in [-0.05, 0) is 46.3 Å². The van der Waals surface area contributed by atoms with Gasteiger partial charge in [-0.2, -0.15) is 0 Å². The molecule has 0 amide bonds. The molecule has 0 fully saturated rings. The van der Waals surface area contributed by atoms with Gasteiger partial charge in [0.15, 0.2) is 5.75 Å². The predicted octanol–water partition coefficient (Wildman–Crippen LogP) is 4.99. The van der Waals surface area contributed by atoms with Crippen molar-refractivity contribution in [3.8, 4) is 11.5 Å². The van der Waals surface area contributed by atoms with E-state index >= 15 is 0 Å². The molecule has 25 heavy (non-hydrogen) atoms. The molecule has 4 rings (SSSR count). The SMILES string of the molecule is Nc1ccc2cccc(O)c2n1.Oc1c(Br)cc(Br)c2cccnc12. The first-order valence-corrected chi connectivity index (χ1v) is 8.82. The van der Waals surface area contributed by atoms with Crippen molar-refractivity contribution in [2.45, 2.75) is 0 Å². The predicted molar refractivity (Wildman–Crippen MR) is 107 cm³/mol. The molecular formula is C18H13Br2N3O2. The van der Waals surface area contributed by atoms with Gasteiger partial charge >= 0.3 is 0 Å². The number of fused-ring (bicyclic) bond motifs is 2. The van der Waals surface area contributed by atoms with Gasteiger partial charge in [0.2, 0.25) is 0 Å². The minimum absolute atomic E-state index is 0.166. The summed E-state index contributed by atoms with van der Waals surface area (Å²) < 4.78 is 1.56. The first-order chi connectivity index (χ1) is 12.0. The number of pyridine rings is 2. The molecule has 5 nitrogen and oxygen atoms in total. The third kappa shape index (κ3) is 3.67. The zero-order chi connectivity index (χ0) is 18.0. The maximum absolute atomic E-state index is 9.65. The Kier molecular flexibility index (Phi) is 5.06. The van der Waals surface area contributed by atoms with Crippen LogP contribution in [0.5, 0.6) is 11.5 Å². The molecule has 7 heteroatoms. The van der Waals surface area contributed by atoms with Crippen molar-refractivity contribution in [3.05, 3.63) is 63.7 Å². The number of para-hydroxylation sites is 1. The molecule has 2 aromatic heterocycles. The normalized spacial score (nSPS) is 10.5. The summed E-state index contributed by atoms with van der Waals surface area (Å²) in [5, 5.41) is 20.8. The largest absolute Gasteiger partial charge is 0.506 e. The Hall–Kier alpha value is -2.38. The van der Waals surface area contributed by atoms with E-state index in [4.69, 9.17) is 5.73 Å². The molecule has 4 aromatic rings. The summed E-state index contributed by atoms with van der Waals surface area (Å²) >= 11 is 6.65. The lowest BCUT2D eigenvalue weighted by molar-refractivity contribution is 0.477. The second-order valence-electron chi connectivity index (χ2n) is 5.17. The number of phenols is 2. The first kappa shape index (κ1) is 17.4. The average molecular weight is 463 g/mol. The fourth-order valence-corrected chi connectivity index (χ4v) is 3.58. The van der Waals surface area contributed by atoms with Crippen molar-refractivity contribution in [1.29, 1.82) is 0 Å². The van der Waals surface area contributed by atoms with Crippen LogP contribution in [-0.2, 0) is 0 Å². The van der Waals surface area contributed by atoms with Crippen LogP contribution >= 0.6 is 31.9 Å². The van der Waals surface area contributed by atoms with E-state index in [1.165, 1.54) is 0 Å². The number of rotatable bonds is 0. The molecular weight excluding hydrogens is 450 g/mol. The summed E-state index contributed by atoms with van der Waals surface area (Å²) in [6.07, 6.45) is 1.65. The van der Waals surface area contributed by atoms with E-state index in [1.807, 2.05) is 24.3 Å². The molecule has 0 saturated carbocycles. The molecule has 0 aliphatic heterocycles. The summed E-state index contributed by atoms with van der Waals surface area (Å²) in [7, 11) is 0. The van der Waals surface area contributed by atoms with Crippen molar-refractivity contribution in [2.75, 3.05) is 5.73 Å². The lowest BCUT2D eigenvalue weighted by atomic mass is 10.2. The summed E-state index contributed by atoms with van der Waals surface area (Å²) in [6, 6.07) is 14.3. The fraction of sp³-hybridized carbons (Fsp3) is 0. The van der Waals surface area contributed by atoms with Crippen LogP contribution in [0.2, 0.25) is 0 Å². The number of hydrogen-bond donors (Lipinski definition) is 3. The molecule has 126 valence electrons. The number of nitrogens with two attached hydrogens (primary N) is 1. The van der Waals surface area contributed by atoms with E-state index in [2.05, 4.69) is 41.8 Å². The van der Waals surface area contributed by atoms with Crippen LogP contribution in [-0.4, -0.2) is 20.2 Å². The van der Waals surface area contributed by atoms with Crippen LogP contribution in [0.3, 0.4) is 0 Å². The van der Waals surface area contributed by atoms with Gasteiger partial charge < -0.3 is 15.9 Å². The summed E-state index contributed by atoms with van der Waals surface area (Å²) in [5.41, 5.74) is 6.62. The van der Waals surface area contributed by atoms with Gasteiger partial charge in [-0.1, -0.05) is 34.1 Å².